The number of benzene rings is 2. The zero-order valence-electron chi connectivity index (χ0n) is 13.1. The van der Waals surface area contributed by atoms with E-state index >= 15 is 0 Å². The number of carbonyl (C=O) groups is 1. The van der Waals surface area contributed by atoms with Gasteiger partial charge in [-0.15, -0.1) is 0 Å². The van der Waals surface area contributed by atoms with E-state index < -0.39 is 28.9 Å². The van der Waals surface area contributed by atoms with Gasteiger partial charge in [0, 0.05) is 6.20 Å². The van der Waals surface area contributed by atoms with Gasteiger partial charge in [-0.05, 0) is 24.3 Å². The van der Waals surface area contributed by atoms with E-state index in [4.69, 9.17) is 10.5 Å². The third kappa shape index (κ3) is 4.40. The normalized spacial score (nSPS) is 11.2. The minimum atomic E-state index is -4.65. The zero-order valence-corrected chi connectivity index (χ0v) is 13.1. The minimum absolute atomic E-state index is 0.281. The molecule has 0 saturated carbocycles. The number of rotatable bonds is 4. The quantitative estimate of drug-likeness (QED) is 0.639. The molecule has 0 radical (unpaired) electrons. The van der Waals surface area contributed by atoms with Gasteiger partial charge in [0.05, 0.1) is 22.5 Å². The van der Waals surface area contributed by atoms with Crippen molar-refractivity contribution in [3.63, 3.8) is 0 Å². The van der Waals surface area contributed by atoms with Crippen LogP contribution in [0.3, 0.4) is 0 Å². The molecule has 2 aromatic carbocycles. The van der Waals surface area contributed by atoms with E-state index in [1.807, 2.05) is 6.07 Å². The van der Waals surface area contributed by atoms with Crippen LogP contribution in [0.1, 0.15) is 11.1 Å². The summed E-state index contributed by atoms with van der Waals surface area (Å²) in [6.07, 6.45) is -3.62. The first kappa shape index (κ1) is 18.6. The summed E-state index contributed by atoms with van der Waals surface area (Å²) < 4.78 is 38.9. The lowest BCUT2D eigenvalue weighted by Gasteiger charge is -2.13. The molecule has 2 N–H and O–H groups in total. The topological polar surface area (TPSA) is 88.7 Å². The second-order valence-electron chi connectivity index (χ2n) is 4.97. The lowest BCUT2D eigenvalue weighted by molar-refractivity contribution is -0.137. The molecule has 0 spiro atoms. The molecule has 1 amide bonds. The van der Waals surface area contributed by atoms with Crippen LogP contribution in [-0.4, -0.2) is 5.91 Å². The largest absolute Gasteiger partial charge is 0.418 e. The average Bonchev–Trinajstić information content (AvgIpc) is 2.62. The van der Waals surface area contributed by atoms with E-state index in [0.29, 0.717) is 5.69 Å². The lowest BCUT2D eigenvalue weighted by atomic mass is 10.1. The Labute approximate surface area is 147 Å². The molecule has 0 saturated heterocycles. The highest BCUT2D eigenvalue weighted by Gasteiger charge is 2.33. The number of nitriles is 2. The van der Waals surface area contributed by atoms with Gasteiger partial charge in [0.1, 0.15) is 17.7 Å². The highest BCUT2D eigenvalue weighted by atomic mass is 19.4. The molecule has 0 unspecified atom stereocenters. The summed E-state index contributed by atoms with van der Waals surface area (Å²) in [6.45, 7) is 0. The molecule has 0 heterocycles. The molecule has 26 heavy (non-hydrogen) atoms. The number of hydrogen-bond acceptors (Lipinski definition) is 4. The van der Waals surface area contributed by atoms with Gasteiger partial charge in [-0.2, -0.15) is 23.7 Å². The Bertz CT molecular complexity index is 936. The van der Waals surface area contributed by atoms with Crippen LogP contribution in [0.25, 0.3) is 0 Å². The van der Waals surface area contributed by atoms with Crippen LogP contribution < -0.4 is 10.6 Å². The van der Waals surface area contributed by atoms with Gasteiger partial charge in [-0.1, -0.05) is 24.3 Å². The van der Waals surface area contributed by atoms with Crippen LogP contribution in [0, 0.1) is 22.7 Å². The van der Waals surface area contributed by atoms with Crippen molar-refractivity contribution in [1.82, 2.24) is 0 Å². The van der Waals surface area contributed by atoms with Crippen molar-refractivity contribution in [1.29, 1.82) is 10.5 Å². The van der Waals surface area contributed by atoms with Crippen LogP contribution in [0.5, 0.6) is 0 Å². The molecule has 0 bridgehead atoms. The number of alkyl halides is 3. The number of nitrogens with zero attached hydrogens (tertiary/aromatic N) is 2. The van der Waals surface area contributed by atoms with Crippen molar-refractivity contribution >= 4 is 17.3 Å². The van der Waals surface area contributed by atoms with Gasteiger partial charge in [-0.3, -0.25) is 4.79 Å². The van der Waals surface area contributed by atoms with Crippen LogP contribution in [0.2, 0.25) is 0 Å². The summed E-state index contributed by atoms with van der Waals surface area (Å²) in [5.41, 5.74) is -1.29. The van der Waals surface area contributed by atoms with Gasteiger partial charge >= 0.3 is 6.18 Å². The van der Waals surface area contributed by atoms with Crippen LogP contribution in [0.4, 0.5) is 24.5 Å². The Balaban J connectivity index is 2.23. The average molecular weight is 356 g/mol. The molecular formula is C18H11F3N4O. The molecule has 0 aromatic heterocycles. The zero-order chi connectivity index (χ0) is 19.2. The van der Waals surface area contributed by atoms with E-state index in [-0.39, 0.29) is 5.56 Å². The summed E-state index contributed by atoms with van der Waals surface area (Å²) in [5, 5.41) is 22.8. The summed E-state index contributed by atoms with van der Waals surface area (Å²) in [6, 6.07) is 14.4. The third-order valence-electron chi connectivity index (χ3n) is 3.27. The summed E-state index contributed by atoms with van der Waals surface area (Å²) in [5.74, 6) is -1.01. The van der Waals surface area contributed by atoms with Gasteiger partial charge in [0.25, 0.3) is 5.91 Å². The first-order valence-electron chi connectivity index (χ1n) is 7.20. The molecule has 0 aliphatic rings. The maximum atomic E-state index is 13.0. The predicted molar refractivity (Wildman–Crippen MR) is 88.5 cm³/mol. The van der Waals surface area contributed by atoms with Crippen molar-refractivity contribution in [2.75, 3.05) is 10.6 Å². The molecule has 8 heteroatoms. The van der Waals surface area contributed by atoms with Crippen LogP contribution >= 0.6 is 0 Å². The standard InChI is InChI=1S/C18H11F3N4O/c19-18(20,21)14-6-2-4-8-16(14)25-17(26)13(10-23)11-24-15-7-3-1-5-12(15)9-22/h1-8,11,24H,(H,25,26)/b13-11-. The fourth-order valence-corrected chi connectivity index (χ4v) is 2.03. The molecule has 0 fully saturated rings. The Morgan fingerprint density at radius 2 is 1.62 bits per heavy atom. The van der Waals surface area contributed by atoms with E-state index in [2.05, 4.69) is 10.6 Å². The number of halogens is 3. The van der Waals surface area contributed by atoms with E-state index in [1.54, 1.807) is 24.3 Å². The van der Waals surface area contributed by atoms with Crippen molar-refractivity contribution in [3.8, 4) is 12.1 Å². The van der Waals surface area contributed by atoms with Crippen LogP contribution in [0.15, 0.2) is 60.3 Å². The van der Waals surface area contributed by atoms with Crippen molar-refractivity contribution in [3.05, 3.63) is 71.4 Å². The summed E-state index contributed by atoms with van der Waals surface area (Å²) in [7, 11) is 0. The Morgan fingerprint density at radius 1 is 1.00 bits per heavy atom. The fourth-order valence-electron chi connectivity index (χ4n) is 2.03. The highest BCUT2D eigenvalue weighted by Crippen LogP contribution is 2.34. The minimum Gasteiger partial charge on any atom is -0.359 e. The second-order valence-corrected chi connectivity index (χ2v) is 4.97. The molecule has 0 aliphatic heterocycles. The predicted octanol–water partition coefficient (Wildman–Crippen LogP) is 4.04. The van der Waals surface area contributed by atoms with Gasteiger partial charge < -0.3 is 10.6 Å². The first-order chi connectivity index (χ1) is 12.4. The molecule has 5 nitrogen and oxygen atoms in total. The Morgan fingerprint density at radius 3 is 2.23 bits per heavy atom. The number of nitrogens with one attached hydrogen (secondary N) is 2. The van der Waals surface area contributed by atoms with E-state index in [0.717, 1.165) is 18.3 Å². The third-order valence-corrected chi connectivity index (χ3v) is 3.27. The van der Waals surface area contributed by atoms with Crippen LogP contribution in [-0.2, 0) is 11.0 Å². The van der Waals surface area contributed by atoms with Gasteiger partial charge in [-0.25, -0.2) is 0 Å². The molecule has 0 aliphatic carbocycles. The Hall–Kier alpha value is -3.78. The SMILES string of the molecule is N#C/C(=C/Nc1ccccc1C#N)C(=O)Nc1ccccc1C(F)(F)F. The number of para-hydroxylation sites is 2. The van der Waals surface area contributed by atoms with E-state index in [1.165, 1.54) is 18.2 Å². The maximum absolute atomic E-state index is 13.0. The van der Waals surface area contributed by atoms with Crippen molar-refractivity contribution in [2.45, 2.75) is 6.18 Å². The van der Waals surface area contributed by atoms with Gasteiger partial charge in [0.2, 0.25) is 0 Å². The van der Waals surface area contributed by atoms with Crippen molar-refractivity contribution in [2.24, 2.45) is 0 Å². The molecule has 2 rings (SSSR count). The van der Waals surface area contributed by atoms with E-state index in [9.17, 15) is 18.0 Å². The fraction of sp³-hybridized carbons (Fsp3) is 0.0556. The molecular weight excluding hydrogens is 345 g/mol. The second kappa shape index (κ2) is 7.86. The van der Waals surface area contributed by atoms with Gasteiger partial charge in [0.15, 0.2) is 0 Å². The monoisotopic (exact) mass is 356 g/mol. The number of anilines is 2. The summed E-state index contributed by atoms with van der Waals surface area (Å²) >= 11 is 0. The smallest absolute Gasteiger partial charge is 0.359 e. The lowest BCUT2D eigenvalue weighted by Crippen LogP contribution is -2.18. The molecule has 0 atom stereocenters. The highest BCUT2D eigenvalue weighted by molar-refractivity contribution is 6.07. The number of amides is 1. The molecule has 2 aromatic rings. The Kier molecular flexibility index (Phi) is 5.61. The first-order valence-corrected chi connectivity index (χ1v) is 7.20. The van der Waals surface area contributed by atoms with Crippen molar-refractivity contribution < 1.29 is 18.0 Å². The number of hydrogen-bond donors (Lipinski definition) is 2. The maximum Gasteiger partial charge on any atom is 0.418 e. The summed E-state index contributed by atoms with van der Waals surface area (Å²) in [4.78, 5) is 12.1. The molecule has 130 valence electrons. The number of carbonyl (C=O) groups excluding carboxylic acids is 1.